The van der Waals surface area contributed by atoms with Gasteiger partial charge in [0.2, 0.25) is 0 Å². The monoisotopic (exact) mass is 741 g/mol. The fourth-order valence-electron chi connectivity index (χ4n) is 5.55. The van der Waals surface area contributed by atoms with Crippen LogP contribution in [0, 0.1) is 0 Å². The molecule has 290 valence electrons. The van der Waals surface area contributed by atoms with Crippen molar-refractivity contribution in [3.63, 3.8) is 0 Å². The van der Waals surface area contributed by atoms with Crippen LogP contribution in [0.4, 0.5) is 0 Å². The van der Waals surface area contributed by atoms with Crippen LogP contribution in [0.1, 0.15) is 165 Å². The Morgan fingerprint density at radius 1 is 0.647 bits per heavy atom. The van der Waals surface area contributed by atoms with Crippen LogP contribution in [0.3, 0.4) is 0 Å². The van der Waals surface area contributed by atoms with Gasteiger partial charge in [0.25, 0.3) is 0 Å². The van der Waals surface area contributed by atoms with E-state index in [0.29, 0.717) is 12.8 Å². The van der Waals surface area contributed by atoms with Gasteiger partial charge in [-0.3, -0.25) is 0 Å². The van der Waals surface area contributed by atoms with Crippen LogP contribution in [0.2, 0.25) is 18.1 Å². The fraction of sp³-hybridized carbons (Fsp3) is 0.652. The van der Waals surface area contributed by atoms with Crippen molar-refractivity contribution in [2.75, 3.05) is 6.61 Å². The number of unbranched alkanes of at least 4 members (excludes halogenated alkanes) is 11. The van der Waals surface area contributed by atoms with Gasteiger partial charge in [-0.25, -0.2) is 8.42 Å². The van der Waals surface area contributed by atoms with Crippen molar-refractivity contribution in [1.82, 2.24) is 0 Å². The second-order valence-corrected chi connectivity index (χ2v) is 22.4. The van der Waals surface area contributed by atoms with Gasteiger partial charge in [-0.1, -0.05) is 177 Å². The summed E-state index contributed by atoms with van der Waals surface area (Å²) in [6, 6.07) is 8.50. The summed E-state index contributed by atoms with van der Waals surface area (Å²) in [6.07, 6.45) is 39.4. The molecule has 0 aromatic heterocycles. The summed E-state index contributed by atoms with van der Waals surface area (Å²) in [5.41, 5.74) is 0. The zero-order chi connectivity index (χ0) is 39.3. The number of hydrogen-bond acceptors (Lipinski definition) is 3. The molecule has 1 unspecified atom stereocenters. The van der Waals surface area contributed by atoms with Gasteiger partial charge in [-0.2, -0.15) is 0 Å². The molecule has 1 rings (SSSR count). The number of rotatable bonds is 31. The maximum Gasteiger partial charge on any atom is 0.191 e. The molecule has 0 saturated carbocycles. The molecule has 0 aliphatic carbocycles. The van der Waals surface area contributed by atoms with Gasteiger partial charge in [0, 0.05) is 9.35 Å². The van der Waals surface area contributed by atoms with E-state index in [-0.39, 0.29) is 16.4 Å². The highest BCUT2D eigenvalue weighted by atomic mass is 32.2. The van der Waals surface area contributed by atoms with Gasteiger partial charge in [0.1, 0.15) is 0 Å². The van der Waals surface area contributed by atoms with Crippen LogP contribution in [0.15, 0.2) is 96.0 Å². The van der Waals surface area contributed by atoms with Crippen LogP contribution in [0.5, 0.6) is 0 Å². The second kappa shape index (κ2) is 29.5. The molecule has 0 aliphatic rings. The first-order valence-electron chi connectivity index (χ1n) is 21.4. The number of allylic oxidation sites excluding steroid dienone is 10. The third-order valence-corrected chi connectivity index (χ3v) is 16.5. The van der Waals surface area contributed by atoms with E-state index >= 15 is 0 Å². The minimum atomic E-state index is -3.77. The Labute approximate surface area is 321 Å². The lowest BCUT2D eigenvalue weighted by Gasteiger charge is -2.36. The maximum absolute atomic E-state index is 13.7. The molecule has 0 saturated heterocycles. The lowest BCUT2D eigenvalue weighted by molar-refractivity contribution is 0.277. The maximum atomic E-state index is 13.7. The van der Waals surface area contributed by atoms with Gasteiger partial charge in [-0.05, 0) is 94.4 Å². The van der Waals surface area contributed by atoms with Gasteiger partial charge in [0.15, 0.2) is 18.2 Å². The third-order valence-electron chi connectivity index (χ3n) is 9.90. The molecular formula is C46H78O3SSi. The van der Waals surface area contributed by atoms with Crippen molar-refractivity contribution < 1.29 is 15.6 Å². The summed E-state index contributed by atoms with van der Waals surface area (Å²) >= 11 is 0. The zero-order valence-electron chi connectivity index (χ0n) is 35.7. The van der Waals surface area contributed by atoms with Crippen molar-refractivity contribution >= 4 is 18.2 Å². The summed E-state index contributed by atoms with van der Waals surface area (Å²) in [5.74, 6) is 0. The van der Waals surface area contributed by atoms with Crippen LogP contribution in [0.25, 0.3) is 0 Å². The van der Waals surface area contributed by atoms with E-state index in [1.165, 1.54) is 25.7 Å². The Hall–Kier alpha value is -1.95. The first-order valence-corrected chi connectivity index (χ1v) is 24.9. The predicted molar refractivity (Wildman–Crippen MR) is 229 cm³/mol. The van der Waals surface area contributed by atoms with Gasteiger partial charge < -0.3 is 4.43 Å². The average Bonchev–Trinajstić information content (AvgIpc) is 3.10. The Morgan fingerprint density at radius 2 is 1.10 bits per heavy atom. The molecule has 0 N–H and O–H groups in total. The molecular weight excluding hydrogens is 661 g/mol. The average molecular weight is 741 g/mol. The van der Waals surface area contributed by atoms with Crippen molar-refractivity contribution in [1.29, 1.82) is 0 Å². The molecule has 0 fully saturated rings. The number of hydrogen-bond donors (Lipinski definition) is 0. The molecule has 3 nitrogen and oxygen atoms in total. The molecule has 1 aromatic carbocycles. The summed E-state index contributed by atoms with van der Waals surface area (Å²) in [4.78, 5) is 0.238. The fourth-order valence-corrected chi connectivity index (χ4v) is 8.32. The van der Waals surface area contributed by atoms with Crippen molar-refractivity contribution in [2.45, 2.75) is 191 Å². The van der Waals surface area contributed by atoms with E-state index in [1.54, 1.807) is 24.3 Å². The molecule has 0 aliphatic heterocycles. The normalized spacial score (nSPS) is 14.9. The summed E-state index contributed by atoms with van der Waals surface area (Å²) in [5, 5.41) is -0.753. The van der Waals surface area contributed by atoms with Crippen molar-refractivity contribution in [3.05, 3.63) is 91.1 Å². The Kier molecular flexibility index (Phi) is 25.1. The molecule has 1 aromatic rings. The van der Waals surface area contributed by atoms with E-state index in [1.807, 2.05) is 6.07 Å². The Balaban J connectivity index is 2.38. The highest BCUT2D eigenvalue weighted by Crippen LogP contribution is 2.36. The summed E-state index contributed by atoms with van der Waals surface area (Å²) in [6.45, 7) is 14.5. The first-order chi connectivity index (χ1) is 25.3. The molecule has 0 amide bonds. The van der Waals surface area contributed by atoms with Crippen LogP contribution >= 0.6 is 0 Å². The van der Waals surface area contributed by atoms with Crippen LogP contribution in [-0.2, 0) is 14.3 Å². The van der Waals surface area contributed by atoms with Crippen molar-refractivity contribution in [3.8, 4) is 0 Å². The Morgan fingerprint density at radius 3 is 1.63 bits per heavy atom. The second-order valence-electron chi connectivity index (χ2n) is 15.4. The predicted octanol–water partition coefficient (Wildman–Crippen LogP) is 14.8. The quantitative estimate of drug-likeness (QED) is 0.0432. The molecule has 5 heteroatoms. The lowest BCUT2D eigenvalue weighted by Crippen LogP contribution is -2.40. The summed E-state index contributed by atoms with van der Waals surface area (Å²) in [7, 11) is -5.42. The van der Waals surface area contributed by atoms with Crippen molar-refractivity contribution in [2.24, 2.45) is 0 Å². The molecule has 0 spiro atoms. The topological polar surface area (TPSA) is 43.4 Å². The largest absolute Gasteiger partial charge is 0.417 e. The molecule has 51 heavy (non-hydrogen) atoms. The highest BCUT2D eigenvalue weighted by Gasteiger charge is 2.36. The van der Waals surface area contributed by atoms with E-state index in [2.05, 4.69) is 102 Å². The molecule has 0 radical (unpaired) electrons. The molecule has 0 heterocycles. The van der Waals surface area contributed by atoms with Gasteiger partial charge >= 0.3 is 0 Å². The van der Waals surface area contributed by atoms with E-state index < -0.39 is 29.8 Å². The van der Waals surface area contributed by atoms with Crippen LogP contribution < -0.4 is 0 Å². The Bertz CT molecular complexity index is 1310. The van der Waals surface area contributed by atoms with E-state index in [9.17, 15) is 8.42 Å². The lowest BCUT2D eigenvalue weighted by atomic mass is 10.0. The third kappa shape index (κ3) is 24.1. The highest BCUT2D eigenvalue weighted by molar-refractivity contribution is 7.92. The minimum Gasteiger partial charge on any atom is -0.417 e. The SMILES string of the molecule is [2H]C([2H])(CCCCC/C=C\C/C=C\C/C=C\C/C=C\C/C=C\CC)C(CCCCCCCCCCCO[Si](C)(C)C(C)(C)C)S(=O)(=O)c1ccccc1. The minimum absolute atomic E-state index is 0.238. The molecule has 1 atom stereocenters. The van der Waals surface area contributed by atoms with E-state index in [0.717, 1.165) is 90.1 Å². The van der Waals surface area contributed by atoms with Gasteiger partial charge in [0.05, 0.1) is 10.1 Å². The van der Waals surface area contributed by atoms with E-state index in [4.69, 9.17) is 7.17 Å². The molecule has 0 bridgehead atoms. The zero-order valence-corrected chi connectivity index (χ0v) is 35.5. The van der Waals surface area contributed by atoms with Gasteiger partial charge in [-0.15, -0.1) is 0 Å². The standard InChI is InChI=1S/C46H78O3SSi/c1-7-8-9-10-11-12-13-14-15-16-17-18-19-20-21-22-24-27-30-34-39-44(50(47,48)45-41-36-33-37-42-45)40-35-31-28-25-23-26-29-32-38-43-49-51(5,6)46(2,3)4/h8-9,11-12,14-15,17-18,20-21,33,36-37,41-42,44H,7,10,13,16,19,22-32,34-35,38-40,43H2,1-6H3/b9-8-,12-11-,15-14-,18-17-,21-20-/i39D2. The summed E-state index contributed by atoms with van der Waals surface area (Å²) < 4.78 is 51.6. The number of sulfone groups is 1. The number of benzene rings is 1. The smallest absolute Gasteiger partial charge is 0.191 e. The van der Waals surface area contributed by atoms with Crippen LogP contribution in [-0.4, -0.2) is 28.6 Å². The first kappa shape index (κ1) is 43.5.